The predicted octanol–water partition coefficient (Wildman–Crippen LogP) is 1.76. The van der Waals surface area contributed by atoms with Crippen molar-refractivity contribution in [3.8, 4) is 0 Å². The smallest absolute Gasteiger partial charge is 0.271 e. The zero-order valence-corrected chi connectivity index (χ0v) is 10.1. The van der Waals surface area contributed by atoms with Crippen LogP contribution in [0.2, 0.25) is 5.02 Å². The number of rotatable bonds is 2. The Kier molecular flexibility index (Phi) is 3.33. The summed E-state index contributed by atoms with van der Waals surface area (Å²) >= 11 is 5.86. The molecule has 17 heavy (non-hydrogen) atoms. The van der Waals surface area contributed by atoms with Gasteiger partial charge in [0.2, 0.25) is 5.91 Å². The van der Waals surface area contributed by atoms with Crippen molar-refractivity contribution >= 4 is 23.4 Å². The molecule has 2 atom stereocenters. The number of amides is 2. The van der Waals surface area contributed by atoms with Crippen LogP contribution in [0.4, 0.5) is 0 Å². The first-order valence-corrected chi connectivity index (χ1v) is 5.82. The van der Waals surface area contributed by atoms with E-state index in [4.69, 9.17) is 11.6 Å². The highest BCUT2D eigenvalue weighted by atomic mass is 35.5. The number of carbonyl (C=O) groups is 2. The molecule has 0 aromatic heterocycles. The third-order valence-electron chi connectivity index (χ3n) is 2.86. The van der Waals surface area contributed by atoms with Gasteiger partial charge in [0.05, 0.1) is 10.6 Å². The van der Waals surface area contributed by atoms with Crippen molar-refractivity contribution in [1.29, 1.82) is 0 Å². The molecule has 2 rings (SSSR count). The SMILES string of the molecule is CC1CC1C(=O)NNC(=O)c1ccccc1Cl. The summed E-state index contributed by atoms with van der Waals surface area (Å²) in [5.74, 6) is -0.107. The second kappa shape index (κ2) is 4.75. The molecule has 1 aliphatic rings. The van der Waals surface area contributed by atoms with Gasteiger partial charge in [0.1, 0.15) is 0 Å². The van der Waals surface area contributed by atoms with Crippen molar-refractivity contribution in [3.05, 3.63) is 34.9 Å². The summed E-state index contributed by atoms with van der Waals surface area (Å²) in [5, 5.41) is 0.360. The van der Waals surface area contributed by atoms with Crippen LogP contribution < -0.4 is 10.9 Å². The number of carbonyl (C=O) groups excluding carboxylic acids is 2. The minimum absolute atomic E-state index is 0.0292. The fraction of sp³-hybridized carbons (Fsp3) is 0.333. The van der Waals surface area contributed by atoms with Crippen LogP contribution in [0.5, 0.6) is 0 Å². The Hall–Kier alpha value is -1.55. The van der Waals surface area contributed by atoms with Gasteiger partial charge in [-0.05, 0) is 24.5 Å². The van der Waals surface area contributed by atoms with Gasteiger partial charge < -0.3 is 0 Å². The number of hydrogen-bond donors (Lipinski definition) is 2. The van der Waals surface area contributed by atoms with Crippen molar-refractivity contribution in [2.24, 2.45) is 11.8 Å². The average molecular weight is 253 g/mol. The van der Waals surface area contributed by atoms with Crippen LogP contribution in [-0.2, 0) is 4.79 Å². The maximum absolute atomic E-state index is 11.7. The van der Waals surface area contributed by atoms with Gasteiger partial charge in [-0.25, -0.2) is 0 Å². The molecule has 1 fully saturated rings. The Morgan fingerprint density at radius 1 is 1.29 bits per heavy atom. The van der Waals surface area contributed by atoms with E-state index in [9.17, 15) is 9.59 Å². The normalized spacial score (nSPS) is 21.8. The first-order chi connectivity index (χ1) is 8.09. The van der Waals surface area contributed by atoms with Crippen LogP contribution in [0.15, 0.2) is 24.3 Å². The first kappa shape index (κ1) is 11.9. The van der Waals surface area contributed by atoms with Gasteiger partial charge in [0.25, 0.3) is 5.91 Å². The van der Waals surface area contributed by atoms with E-state index in [1.54, 1.807) is 24.3 Å². The topological polar surface area (TPSA) is 58.2 Å². The molecule has 2 N–H and O–H groups in total. The molecule has 0 radical (unpaired) electrons. The van der Waals surface area contributed by atoms with E-state index < -0.39 is 5.91 Å². The zero-order valence-electron chi connectivity index (χ0n) is 9.37. The highest BCUT2D eigenvalue weighted by Gasteiger charge is 2.39. The fourth-order valence-corrected chi connectivity index (χ4v) is 1.83. The molecule has 4 nitrogen and oxygen atoms in total. The average Bonchev–Trinajstić information content (AvgIpc) is 3.03. The van der Waals surface area contributed by atoms with Crippen molar-refractivity contribution in [2.75, 3.05) is 0 Å². The monoisotopic (exact) mass is 252 g/mol. The van der Waals surface area contributed by atoms with Crippen molar-refractivity contribution < 1.29 is 9.59 Å². The Morgan fingerprint density at radius 2 is 1.94 bits per heavy atom. The van der Waals surface area contributed by atoms with Crippen LogP contribution in [0.25, 0.3) is 0 Å². The molecule has 1 saturated carbocycles. The second-order valence-corrected chi connectivity index (χ2v) is 4.65. The molecule has 1 aromatic carbocycles. The minimum atomic E-state index is -0.405. The van der Waals surface area contributed by atoms with E-state index in [1.165, 1.54) is 0 Å². The van der Waals surface area contributed by atoms with E-state index in [0.717, 1.165) is 6.42 Å². The molecule has 0 saturated heterocycles. The maximum atomic E-state index is 11.7. The Bertz CT molecular complexity index is 462. The van der Waals surface area contributed by atoms with E-state index in [0.29, 0.717) is 16.5 Å². The lowest BCUT2D eigenvalue weighted by Crippen LogP contribution is -2.42. The Labute approximate surface area is 104 Å². The second-order valence-electron chi connectivity index (χ2n) is 4.24. The molecular weight excluding hydrogens is 240 g/mol. The molecular formula is C12H13ClN2O2. The van der Waals surface area contributed by atoms with Gasteiger partial charge in [-0.1, -0.05) is 30.7 Å². The number of hydrazine groups is 1. The highest BCUT2D eigenvalue weighted by molar-refractivity contribution is 6.33. The molecule has 0 aliphatic heterocycles. The Balaban J connectivity index is 1.89. The zero-order chi connectivity index (χ0) is 12.4. The van der Waals surface area contributed by atoms with Crippen LogP contribution >= 0.6 is 11.6 Å². The molecule has 0 spiro atoms. The molecule has 2 unspecified atom stereocenters. The van der Waals surface area contributed by atoms with Crippen LogP contribution in [0.3, 0.4) is 0 Å². The lowest BCUT2D eigenvalue weighted by atomic mass is 10.2. The van der Waals surface area contributed by atoms with Crippen molar-refractivity contribution in [3.63, 3.8) is 0 Å². The van der Waals surface area contributed by atoms with Gasteiger partial charge in [-0.2, -0.15) is 0 Å². The predicted molar refractivity (Wildman–Crippen MR) is 64.3 cm³/mol. The maximum Gasteiger partial charge on any atom is 0.271 e. The van der Waals surface area contributed by atoms with Crippen molar-refractivity contribution in [1.82, 2.24) is 10.9 Å². The lowest BCUT2D eigenvalue weighted by Gasteiger charge is -2.07. The molecule has 1 aliphatic carbocycles. The summed E-state index contributed by atoms with van der Waals surface area (Å²) in [4.78, 5) is 23.2. The van der Waals surface area contributed by atoms with Gasteiger partial charge >= 0.3 is 0 Å². The molecule has 1 aromatic rings. The highest BCUT2D eigenvalue weighted by Crippen LogP contribution is 2.37. The lowest BCUT2D eigenvalue weighted by molar-refractivity contribution is -0.123. The third-order valence-corrected chi connectivity index (χ3v) is 3.19. The molecule has 5 heteroatoms. The van der Waals surface area contributed by atoms with E-state index in [-0.39, 0.29) is 11.8 Å². The molecule has 0 heterocycles. The first-order valence-electron chi connectivity index (χ1n) is 5.44. The van der Waals surface area contributed by atoms with Gasteiger partial charge in [0, 0.05) is 5.92 Å². The van der Waals surface area contributed by atoms with E-state index in [2.05, 4.69) is 10.9 Å². The largest absolute Gasteiger partial charge is 0.273 e. The standard InChI is InChI=1S/C12H13ClN2O2/c1-7-6-9(7)12(17)15-14-11(16)8-4-2-3-5-10(8)13/h2-5,7,9H,6H2,1H3,(H,14,16)(H,15,17). The molecule has 2 amide bonds. The number of nitrogens with one attached hydrogen (secondary N) is 2. The van der Waals surface area contributed by atoms with E-state index >= 15 is 0 Å². The summed E-state index contributed by atoms with van der Waals surface area (Å²) in [6.45, 7) is 2.00. The number of hydrogen-bond acceptors (Lipinski definition) is 2. The number of halogens is 1. The molecule has 0 bridgehead atoms. The Morgan fingerprint density at radius 3 is 2.53 bits per heavy atom. The summed E-state index contributed by atoms with van der Waals surface area (Å²) in [7, 11) is 0. The van der Waals surface area contributed by atoms with Gasteiger partial charge in [-0.15, -0.1) is 0 Å². The quantitative estimate of drug-likeness (QED) is 0.788. The van der Waals surface area contributed by atoms with Crippen LogP contribution in [0, 0.1) is 11.8 Å². The van der Waals surface area contributed by atoms with Crippen molar-refractivity contribution in [2.45, 2.75) is 13.3 Å². The summed E-state index contributed by atoms with van der Waals surface area (Å²) < 4.78 is 0. The van der Waals surface area contributed by atoms with Gasteiger partial charge in [-0.3, -0.25) is 20.4 Å². The molecule has 90 valence electrons. The minimum Gasteiger partial charge on any atom is -0.273 e. The third kappa shape index (κ3) is 2.77. The summed E-state index contributed by atoms with van der Waals surface area (Å²) in [5.41, 5.74) is 5.11. The fourth-order valence-electron chi connectivity index (χ4n) is 1.61. The van der Waals surface area contributed by atoms with E-state index in [1.807, 2.05) is 6.92 Å². The summed E-state index contributed by atoms with van der Waals surface area (Å²) in [6.07, 6.45) is 0.883. The number of benzene rings is 1. The van der Waals surface area contributed by atoms with Crippen LogP contribution in [-0.4, -0.2) is 11.8 Å². The summed E-state index contributed by atoms with van der Waals surface area (Å²) in [6, 6.07) is 6.68. The van der Waals surface area contributed by atoms with Crippen LogP contribution in [0.1, 0.15) is 23.7 Å². The van der Waals surface area contributed by atoms with Gasteiger partial charge in [0.15, 0.2) is 0 Å².